The van der Waals surface area contributed by atoms with Crippen LogP contribution in [0.4, 0.5) is 0 Å². The smallest absolute Gasteiger partial charge is 0.314 e. The number of aliphatic hydroxyl groups excluding tert-OH is 1. The van der Waals surface area contributed by atoms with Crippen LogP contribution in [-0.4, -0.2) is 31.9 Å². The lowest BCUT2D eigenvalue weighted by Gasteiger charge is -1.97. The Morgan fingerprint density at radius 2 is 2.36 bits per heavy atom. The molecule has 4 nitrogen and oxygen atoms in total. The van der Waals surface area contributed by atoms with Gasteiger partial charge in [0, 0.05) is 14.2 Å². The molecule has 0 saturated heterocycles. The van der Waals surface area contributed by atoms with Gasteiger partial charge in [0.25, 0.3) is 0 Å². The summed E-state index contributed by atoms with van der Waals surface area (Å²) in [6.45, 7) is 0.395. The molecule has 0 aromatic rings. The first-order valence-corrected chi connectivity index (χ1v) is 3.16. The number of aliphatic hydroxyl groups is 1. The van der Waals surface area contributed by atoms with Crippen LogP contribution >= 0.6 is 0 Å². The monoisotopic (exact) mass is 160 g/mol. The third-order valence-corrected chi connectivity index (χ3v) is 1.03. The second kappa shape index (κ2) is 5.88. The number of carbonyl (C=O) groups excluding carboxylic acids is 1. The van der Waals surface area contributed by atoms with Gasteiger partial charge in [0.15, 0.2) is 0 Å². The van der Waals surface area contributed by atoms with Crippen LogP contribution in [0.2, 0.25) is 0 Å². The minimum Gasteiger partial charge on any atom is -0.429 e. The van der Waals surface area contributed by atoms with Crippen molar-refractivity contribution >= 4 is 5.97 Å². The maximum atomic E-state index is 10.4. The average molecular weight is 160 g/mol. The summed E-state index contributed by atoms with van der Waals surface area (Å²) in [5.74, 6) is 0.435. The molecule has 1 N–H and O–H groups in total. The van der Waals surface area contributed by atoms with Gasteiger partial charge in [-0.05, 0) is 6.08 Å². The number of carbonyl (C=O) groups is 1. The Balaban J connectivity index is 0.000000461. The number of hydrogen-bond acceptors (Lipinski definition) is 4. The van der Waals surface area contributed by atoms with E-state index in [1.807, 2.05) is 0 Å². The van der Waals surface area contributed by atoms with Crippen molar-refractivity contribution in [2.45, 2.75) is 6.42 Å². The number of ether oxygens (including phenoxy) is 2. The Kier molecular flexibility index (Phi) is 5.42. The van der Waals surface area contributed by atoms with Crippen LogP contribution in [0.1, 0.15) is 6.42 Å². The maximum absolute atomic E-state index is 10.4. The molecule has 0 aromatic heterocycles. The molecular formula is C7H12O4. The molecule has 1 heterocycles. The highest BCUT2D eigenvalue weighted by Gasteiger charge is 2.12. The Morgan fingerprint density at radius 3 is 2.73 bits per heavy atom. The van der Waals surface area contributed by atoms with E-state index >= 15 is 0 Å². The van der Waals surface area contributed by atoms with Crippen molar-refractivity contribution in [3.63, 3.8) is 0 Å². The zero-order valence-corrected chi connectivity index (χ0v) is 6.66. The fourth-order valence-corrected chi connectivity index (χ4v) is 0.657. The molecule has 0 fully saturated rings. The van der Waals surface area contributed by atoms with Crippen molar-refractivity contribution in [2.75, 3.05) is 20.8 Å². The molecular weight excluding hydrogens is 148 g/mol. The maximum Gasteiger partial charge on any atom is 0.314 e. The van der Waals surface area contributed by atoms with Gasteiger partial charge in [-0.3, -0.25) is 4.79 Å². The van der Waals surface area contributed by atoms with E-state index in [4.69, 9.17) is 14.6 Å². The molecule has 1 rings (SSSR count). The van der Waals surface area contributed by atoms with E-state index in [2.05, 4.69) is 0 Å². The van der Waals surface area contributed by atoms with Gasteiger partial charge >= 0.3 is 5.97 Å². The topological polar surface area (TPSA) is 55.8 Å². The summed E-state index contributed by atoms with van der Waals surface area (Å²) in [5.41, 5.74) is 0. The highest BCUT2D eigenvalue weighted by molar-refractivity contribution is 5.75. The normalized spacial score (nSPS) is 14.8. The Hall–Kier alpha value is -0.870. The second-order valence-electron chi connectivity index (χ2n) is 1.78. The summed E-state index contributed by atoms with van der Waals surface area (Å²) in [4.78, 5) is 10.4. The molecule has 0 saturated carbocycles. The molecule has 11 heavy (non-hydrogen) atoms. The van der Waals surface area contributed by atoms with Crippen LogP contribution in [0.25, 0.3) is 0 Å². The quantitative estimate of drug-likeness (QED) is 0.581. The lowest BCUT2D eigenvalue weighted by atomic mass is 10.4. The van der Waals surface area contributed by atoms with Gasteiger partial charge in [-0.2, -0.15) is 0 Å². The van der Waals surface area contributed by atoms with Crippen molar-refractivity contribution in [3.8, 4) is 0 Å². The molecule has 0 aromatic carbocycles. The molecule has 0 aliphatic carbocycles. The standard InChI is InChI=1S/C6H8O3.CH4O/c1-8-4-5-2-3-6(7)9-5;1-2/h2H,3-4H2,1H3;2H,1H3. The predicted molar refractivity (Wildman–Crippen MR) is 38.8 cm³/mol. The Bertz CT molecular complexity index is 151. The van der Waals surface area contributed by atoms with Crippen LogP contribution in [0.15, 0.2) is 11.8 Å². The summed E-state index contributed by atoms with van der Waals surface area (Å²) < 4.78 is 9.43. The van der Waals surface area contributed by atoms with Gasteiger partial charge < -0.3 is 14.6 Å². The average Bonchev–Trinajstić information content (AvgIpc) is 2.41. The molecule has 0 spiro atoms. The fourth-order valence-electron chi connectivity index (χ4n) is 0.657. The predicted octanol–water partition coefficient (Wildman–Crippen LogP) is 0.0721. The molecule has 1 aliphatic rings. The number of methoxy groups -OCH3 is 1. The van der Waals surface area contributed by atoms with Crippen LogP contribution in [0.3, 0.4) is 0 Å². The van der Waals surface area contributed by atoms with Crippen LogP contribution < -0.4 is 0 Å². The third-order valence-electron chi connectivity index (χ3n) is 1.03. The zero-order chi connectivity index (χ0) is 8.69. The highest BCUT2D eigenvalue weighted by Crippen LogP contribution is 2.09. The van der Waals surface area contributed by atoms with E-state index in [-0.39, 0.29) is 5.97 Å². The van der Waals surface area contributed by atoms with Crippen LogP contribution in [0, 0.1) is 0 Å². The number of rotatable bonds is 2. The van der Waals surface area contributed by atoms with Gasteiger partial charge in [0.05, 0.1) is 6.42 Å². The summed E-state index contributed by atoms with van der Waals surface area (Å²) in [5, 5.41) is 7.00. The van der Waals surface area contributed by atoms with E-state index in [9.17, 15) is 4.79 Å². The zero-order valence-electron chi connectivity index (χ0n) is 6.66. The fraction of sp³-hybridized carbons (Fsp3) is 0.571. The van der Waals surface area contributed by atoms with Gasteiger partial charge in [-0.25, -0.2) is 0 Å². The SMILES string of the molecule is CO.COCC1=CCC(=O)O1. The van der Waals surface area contributed by atoms with Gasteiger partial charge in [-0.1, -0.05) is 0 Å². The molecule has 0 bridgehead atoms. The lowest BCUT2D eigenvalue weighted by Crippen LogP contribution is -1.98. The van der Waals surface area contributed by atoms with Gasteiger partial charge in [0.1, 0.15) is 12.4 Å². The number of hydrogen-bond donors (Lipinski definition) is 1. The highest BCUT2D eigenvalue weighted by atomic mass is 16.6. The first-order valence-electron chi connectivity index (χ1n) is 3.16. The van der Waals surface area contributed by atoms with E-state index in [1.54, 1.807) is 13.2 Å². The number of esters is 1. The first-order chi connectivity index (χ1) is 5.33. The molecule has 1 aliphatic heterocycles. The van der Waals surface area contributed by atoms with E-state index in [1.165, 1.54) is 0 Å². The minimum absolute atomic E-state index is 0.193. The molecule has 0 unspecified atom stereocenters. The van der Waals surface area contributed by atoms with Crippen LogP contribution in [-0.2, 0) is 14.3 Å². The molecule has 0 atom stereocenters. The summed E-state index contributed by atoms with van der Waals surface area (Å²) in [7, 11) is 2.56. The third kappa shape index (κ3) is 3.75. The summed E-state index contributed by atoms with van der Waals surface area (Å²) in [6, 6.07) is 0. The van der Waals surface area contributed by atoms with Crippen molar-refractivity contribution < 1.29 is 19.4 Å². The molecule has 0 radical (unpaired) electrons. The first kappa shape index (κ1) is 10.1. The van der Waals surface area contributed by atoms with E-state index in [0.717, 1.165) is 7.11 Å². The van der Waals surface area contributed by atoms with E-state index < -0.39 is 0 Å². The number of cyclic esters (lactones) is 1. The van der Waals surface area contributed by atoms with Crippen molar-refractivity contribution in [2.24, 2.45) is 0 Å². The van der Waals surface area contributed by atoms with Crippen molar-refractivity contribution in [1.82, 2.24) is 0 Å². The van der Waals surface area contributed by atoms with Crippen molar-refractivity contribution in [1.29, 1.82) is 0 Å². The molecule has 64 valence electrons. The van der Waals surface area contributed by atoms with E-state index in [0.29, 0.717) is 18.8 Å². The summed E-state index contributed by atoms with van der Waals surface area (Å²) in [6.07, 6.45) is 2.12. The van der Waals surface area contributed by atoms with Gasteiger partial charge in [-0.15, -0.1) is 0 Å². The van der Waals surface area contributed by atoms with Crippen LogP contribution in [0.5, 0.6) is 0 Å². The Morgan fingerprint density at radius 1 is 1.73 bits per heavy atom. The molecule has 0 amide bonds. The largest absolute Gasteiger partial charge is 0.429 e. The second-order valence-corrected chi connectivity index (χ2v) is 1.78. The minimum atomic E-state index is -0.193. The molecule has 4 heteroatoms. The Labute approximate surface area is 65.4 Å². The van der Waals surface area contributed by atoms with Gasteiger partial charge in [0.2, 0.25) is 0 Å². The summed E-state index contributed by atoms with van der Waals surface area (Å²) >= 11 is 0. The lowest BCUT2D eigenvalue weighted by molar-refractivity contribution is -0.137. The van der Waals surface area contributed by atoms with Crippen molar-refractivity contribution in [3.05, 3.63) is 11.8 Å².